The molecule has 0 saturated heterocycles. The second-order valence-corrected chi connectivity index (χ2v) is 7.23. The molecule has 2 aromatic heterocycles. The van der Waals surface area contributed by atoms with Crippen LogP contribution in [0, 0.1) is 5.82 Å². The maximum absolute atomic E-state index is 15.7. The van der Waals surface area contributed by atoms with Crippen molar-refractivity contribution in [1.29, 1.82) is 0 Å². The summed E-state index contributed by atoms with van der Waals surface area (Å²) in [5, 5.41) is -0.816. The summed E-state index contributed by atoms with van der Waals surface area (Å²) in [6, 6.07) is 16.0. The molecule has 4 aromatic rings. The van der Waals surface area contributed by atoms with E-state index in [1.807, 2.05) is 30.3 Å². The minimum absolute atomic E-state index is 0.141. The van der Waals surface area contributed by atoms with Crippen LogP contribution in [-0.2, 0) is 4.74 Å². The van der Waals surface area contributed by atoms with E-state index >= 15 is 4.39 Å². The number of carbonyl (C=O) groups excluding carboxylic acids is 1. The van der Waals surface area contributed by atoms with Gasteiger partial charge in [-0.05, 0) is 24.6 Å². The molecule has 0 aliphatic heterocycles. The van der Waals surface area contributed by atoms with Gasteiger partial charge in [-0.3, -0.25) is 4.40 Å². The highest BCUT2D eigenvalue weighted by Crippen LogP contribution is 2.40. The van der Waals surface area contributed by atoms with Crippen LogP contribution in [0.3, 0.4) is 0 Å². The molecule has 0 fully saturated rings. The zero-order chi connectivity index (χ0) is 22.0. The monoisotopic (exact) mass is 438 g/mol. The van der Waals surface area contributed by atoms with Crippen LogP contribution in [0.2, 0.25) is 0 Å². The van der Waals surface area contributed by atoms with Crippen molar-refractivity contribution in [3.63, 3.8) is 0 Å². The molecule has 31 heavy (non-hydrogen) atoms. The molecule has 2 heterocycles. The van der Waals surface area contributed by atoms with E-state index in [1.54, 1.807) is 41.8 Å². The molecule has 0 N–H and O–H groups in total. The van der Waals surface area contributed by atoms with E-state index in [1.165, 1.54) is 13.3 Å². The molecular weight excluding hydrogens is 419 g/mol. The van der Waals surface area contributed by atoms with E-state index in [0.717, 1.165) is 0 Å². The number of methoxy groups -OCH3 is 1. The Hall–Kier alpha value is -3.38. The number of halogens is 2. The largest absolute Gasteiger partial charge is 0.496 e. The maximum Gasteiger partial charge on any atom is 0.374 e. The Morgan fingerprint density at radius 2 is 1.90 bits per heavy atom. The molecule has 0 saturated carbocycles. The second kappa shape index (κ2) is 8.78. The third-order valence-corrected chi connectivity index (χ3v) is 5.49. The molecule has 0 aliphatic carbocycles. The zero-order valence-corrected chi connectivity index (χ0v) is 17.8. The smallest absolute Gasteiger partial charge is 0.374 e. The lowest BCUT2D eigenvalue weighted by atomic mass is 9.96. The number of alkyl halides is 1. The number of ether oxygens (including phenoxy) is 2. The first kappa shape index (κ1) is 20.9. The fourth-order valence-corrected chi connectivity index (χ4v) is 3.94. The van der Waals surface area contributed by atoms with Crippen LogP contribution in [0.25, 0.3) is 16.6 Å². The lowest BCUT2D eigenvalue weighted by Gasteiger charge is -2.17. The molecule has 2 aromatic carbocycles. The minimum Gasteiger partial charge on any atom is -0.496 e. The van der Waals surface area contributed by atoms with Crippen LogP contribution in [0.4, 0.5) is 4.39 Å². The molecule has 0 radical (unpaired) electrons. The number of fused-ring (bicyclic) bond motifs is 1. The van der Waals surface area contributed by atoms with Gasteiger partial charge in [-0.25, -0.2) is 14.2 Å². The van der Waals surface area contributed by atoms with E-state index < -0.39 is 17.2 Å². The predicted molar refractivity (Wildman–Crippen MR) is 117 cm³/mol. The van der Waals surface area contributed by atoms with Gasteiger partial charge in [-0.1, -0.05) is 42.5 Å². The van der Waals surface area contributed by atoms with Crippen molar-refractivity contribution in [1.82, 2.24) is 9.38 Å². The van der Waals surface area contributed by atoms with Crippen molar-refractivity contribution in [3.05, 3.63) is 89.8 Å². The fraction of sp³-hybridized carbons (Fsp3) is 0.167. The van der Waals surface area contributed by atoms with Gasteiger partial charge in [-0.15, -0.1) is 11.6 Å². The van der Waals surface area contributed by atoms with Crippen LogP contribution in [0.1, 0.15) is 34.0 Å². The van der Waals surface area contributed by atoms with Gasteiger partial charge >= 0.3 is 5.97 Å². The molecule has 1 unspecified atom stereocenters. The highest BCUT2D eigenvalue weighted by atomic mass is 35.5. The van der Waals surface area contributed by atoms with Gasteiger partial charge in [0.2, 0.25) is 5.82 Å². The number of hydrogen-bond donors (Lipinski definition) is 0. The summed E-state index contributed by atoms with van der Waals surface area (Å²) in [6.45, 7) is 1.97. The molecular formula is C24H20ClFN2O3. The summed E-state index contributed by atoms with van der Waals surface area (Å²) in [4.78, 5) is 16.4. The second-order valence-electron chi connectivity index (χ2n) is 6.80. The minimum atomic E-state index is -0.816. The fourth-order valence-electron chi connectivity index (χ4n) is 3.59. The molecule has 0 bridgehead atoms. The number of imidazole rings is 1. The normalized spacial score (nSPS) is 12.0. The summed E-state index contributed by atoms with van der Waals surface area (Å²) in [6.07, 6.45) is 3.23. The van der Waals surface area contributed by atoms with Crippen molar-refractivity contribution < 1.29 is 18.7 Å². The number of carbonyl (C=O) groups is 1. The van der Waals surface area contributed by atoms with Crippen LogP contribution in [-0.4, -0.2) is 29.1 Å². The molecule has 0 aliphatic rings. The van der Waals surface area contributed by atoms with Gasteiger partial charge in [0.25, 0.3) is 0 Å². The Morgan fingerprint density at radius 1 is 1.13 bits per heavy atom. The van der Waals surface area contributed by atoms with Crippen LogP contribution in [0.5, 0.6) is 5.75 Å². The number of nitrogens with zero attached hydrogens (tertiary/aromatic N) is 2. The van der Waals surface area contributed by atoms with Crippen LogP contribution >= 0.6 is 11.6 Å². The number of aromatic nitrogens is 2. The van der Waals surface area contributed by atoms with Crippen molar-refractivity contribution in [2.45, 2.75) is 12.3 Å². The number of benzene rings is 2. The maximum atomic E-state index is 15.7. The predicted octanol–water partition coefficient (Wildman–Crippen LogP) is 5.65. The first-order valence-electron chi connectivity index (χ1n) is 9.75. The van der Waals surface area contributed by atoms with Gasteiger partial charge in [-0.2, -0.15) is 0 Å². The number of pyridine rings is 1. The Labute approximate surface area is 184 Å². The summed E-state index contributed by atoms with van der Waals surface area (Å²) >= 11 is 6.78. The molecule has 5 nitrogen and oxygen atoms in total. The van der Waals surface area contributed by atoms with Gasteiger partial charge in [0.1, 0.15) is 11.6 Å². The van der Waals surface area contributed by atoms with E-state index in [-0.39, 0.29) is 12.4 Å². The number of hydrogen-bond acceptors (Lipinski definition) is 4. The quantitative estimate of drug-likeness (QED) is 0.288. The van der Waals surface area contributed by atoms with E-state index in [4.69, 9.17) is 21.1 Å². The molecule has 0 spiro atoms. The van der Waals surface area contributed by atoms with Crippen molar-refractivity contribution in [3.8, 4) is 16.9 Å². The summed E-state index contributed by atoms with van der Waals surface area (Å²) < 4.78 is 27.8. The Kier molecular flexibility index (Phi) is 5.91. The lowest BCUT2D eigenvalue weighted by Crippen LogP contribution is -2.10. The van der Waals surface area contributed by atoms with Crippen LogP contribution in [0.15, 0.2) is 67.0 Å². The lowest BCUT2D eigenvalue weighted by molar-refractivity contribution is 0.0511. The number of rotatable bonds is 6. The molecule has 4 rings (SSSR count). The highest BCUT2D eigenvalue weighted by Gasteiger charge is 2.24. The zero-order valence-electron chi connectivity index (χ0n) is 17.0. The standard InChI is InChI=1S/C24H20ClFN2O3/c1-3-31-24(29)23-27-14-18-16(10-7-13-28(18)23)21(25)17-11-12-19(30-2)20(22(17)26)15-8-5-4-6-9-15/h4-14,21H,3H2,1-2H3. The van der Waals surface area contributed by atoms with Crippen LogP contribution < -0.4 is 4.74 Å². The van der Waals surface area contributed by atoms with Crippen molar-refractivity contribution in [2.75, 3.05) is 13.7 Å². The number of esters is 1. The average molecular weight is 439 g/mol. The van der Waals surface area contributed by atoms with Gasteiger partial charge < -0.3 is 9.47 Å². The van der Waals surface area contributed by atoms with Crippen molar-refractivity contribution >= 4 is 23.1 Å². The van der Waals surface area contributed by atoms with Crippen molar-refractivity contribution in [2.24, 2.45) is 0 Å². The van der Waals surface area contributed by atoms with Gasteiger partial charge in [0, 0.05) is 17.3 Å². The third kappa shape index (κ3) is 3.75. The van der Waals surface area contributed by atoms with E-state index in [2.05, 4.69) is 4.98 Å². The summed E-state index contributed by atoms with van der Waals surface area (Å²) in [5.74, 6) is -0.434. The topological polar surface area (TPSA) is 52.8 Å². The van der Waals surface area contributed by atoms with E-state index in [9.17, 15) is 4.79 Å². The Balaban J connectivity index is 1.83. The van der Waals surface area contributed by atoms with Gasteiger partial charge in [0.15, 0.2) is 0 Å². The first-order chi connectivity index (χ1) is 15.1. The third-order valence-electron chi connectivity index (χ3n) is 5.02. The Morgan fingerprint density at radius 3 is 2.61 bits per heavy atom. The molecule has 1 atom stereocenters. The Bertz CT molecular complexity index is 1240. The molecule has 7 heteroatoms. The molecule has 0 amide bonds. The molecule has 158 valence electrons. The SMILES string of the molecule is CCOC(=O)c1ncc2c(C(Cl)c3ccc(OC)c(-c4ccccc4)c3F)cccn12. The highest BCUT2D eigenvalue weighted by molar-refractivity contribution is 6.23. The summed E-state index contributed by atoms with van der Waals surface area (Å²) in [5.41, 5.74) is 2.55. The summed E-state index contributed by atoms with van der Waals surface area (Å²) in [7, 11) is 1.50. The van der Waals surface area contributed by atoms with Gasteiger partial charge in [0.05, 0.1) is 36.4 Å². The van der Waals surface area contributed by atoms with E-state index in [0.29, 0.717) is 33.5 Å². The average Bonchev–Trinajstić information content (AvgIpc) is 3.23. The first-order valence-corrected chi connectivity index (χ1v) is 10.2.